The van der Waals surface area contributed by atoms with Crippen LogP contribution in [0, 0.1) is 0 Å². The van der Waals surface area contributed by atoms with E-state index in [4.69, 9.17) is 27.9 Å². The van der Waals surface area contributed by atoms with Gasteiger partial charge in [0.1, 0.15) is 44.9 Å². The lowest BCUT2D eigenvalue weighted by Gasteiger charge is -2.30. The van der Waals surface area contributed by atoms with Gasteiger partial charge in [-0.3, -0.25) is 0 Å². The van der Waals surface area contributed by atoms with Gasteiger partial charge in [0.2, 0.25) is 0 Å². The number of hydrogen-bond donors (Lipinski definition) is 3. The Balaban J connectivity index is 1.61. The molecule has 1 aliphatic rings. The lowest BCUT2D eigenvalue weighted by molar-refractivity contribution is -1.01. The van der Waals surface area contributed by atoms with E-state index in [1.807, 2.05) is 48.5 Å². The molecule has 0 spiro atoms. The van der Waals surface area contributed by atoms with Crippen molar-refractivity contribution < 1.29 is 19.6 Å². The van der Waals surface area contributed by atoms with E-state index in [2.05, 4.69) is 6.92 Å². The second kappa shape index (κ2) is 10.6. The minimum atomic E-state index is -0.486. The normalized spacial score (nSPS) is 21.0. The summed E-state index contributed by atoms with van der Waals surface area (Å²) in [7, 11) is 0. The molecule has 3 N–H and O–H groups in total. The summed E-state index contributed by atoms with van der Waals surface area (Å²) in [6.07, 6.45) is -0.749. The molecule has 0 radical (unpaired) electrons. The minimum Gasteiger partial charge on any atom is -0.385 e. The maximum atomic E-state index is 10.6. The van der Waals surface area contributed by atoms with Gasteiger partial charge in [-0.15, -0.1) is 0 Å². The van der Waals surface area contributed by atoms with Crippen molar-refractivity contribution >= 4 is 23.2 Å². The quantitative estimate of drug-likeness (QED) is 0.596. The Morgan fingerprint density at radius 1 is 0.857 bits per heavy atom. The van der Waals surface area contributed by atoms with Crippen LogP contribution >= 0.6 is 23.2 Å². The van der Waals surface area contributed by atoms with Gasteiger partial charge in [0.05, 0.1) is 13.2 Å². The second-order valence-electron chi connectivity index (χ2n) is 7.53. The number of quaternary nitrogens is 2. The summed E-state index contributed by atoms with van der Waals surface area (Å²) in [6, 6.07) is 15.3. The highest BCUT2D eigenvalue weighted by molar-refractivity contribution is 6.30. The molecule has 1 atom stereocenters. The van der Waals surface area contributed by atoms with Crippen molar-refractivity contribution in [2.24, 2.45) is 0 Å². The Bertz CT molecular complexity index is 671. The van der Waals surface area contributed by atoms with Gasteiger partial charge in [0.15, 0.2) is 0 Å². The number of rotatable bonds is 8. The average Bonchev–Trinajstić information content (AvgIpc) is 2.71. The monoisotopic (exact) mass is 424 g/mol. The SMILES string of the molecule is CC[NH+]1CC[NH+](C[C@H](O)COC(c2ccc(Cl)cc2)c2ccc(Cl)cc2)CC1. The van der Waals surface area contributed by atoms with Crippen LogP contribution in [0.1, 0.15) is 24.2 Å². The van der Waals surface area contributed by atoms with E-state index in [0.29, 0.717) is 16.7 Å². The lowest BCUT2D eigenvalue weighted by atomic mass is 10.0. The maximum Gasteiger partial charge on any atom is 0.127 e. The molecule has 2 aromatic rings. The molecule has 1 aliphatic heterocycles. The third kappa shape index (κ3) is 6.18. The molecule has 0 saturated carbocycles. The molecular formula is C22H30Cl2N2O2+2. The van der Waals surface area contributed by atoms with Gasteiger partial charge in [-0.25, -0.2) is 0 Å². The summed E-state index contributed by atoms with van der Waals surface area (Å²) in [6.45, 7) is 9.01. The molecule has 152 valence electrons. The van der Waals surface area contributed by atoms with Gasteiger partial charge in [-0.1, -0.05) is 47.5 Å². The predicted octanol–water partition coefficient (Wildman–Crippen LogP) is 1.26. The Hall–Kier alpha value is -1.14. The van der Waals surface area contributed by atoms with Crippen LogP contribution in [0.5, 0.6) is 0 Å². The van der Waals surface area contributed by atoms with Crippen molar-refractivity contribution in [3.05, 3.63) is 69.7 Å². The molecule has 6 heteroatoms. The van der Waals surface area contributed by atoms with E-state index < -0.39 is 6.10 Å². The zero-order chi connectivity index (χ0) is 19.9. The van der Waals surface area contributed by atoms with Crippen LogP contribution in [0.25, 0.3) is 0 Å². The second-order valence-corrected chi connectivity index (χ2v) is 8.40. The molecule has 4 nitrogen and oxygen atoms in total. The standard InChI is InChI=1S/C22H28Cl2N2O2/c1-2-25-11-13-26(14-12-25)15-21(27)16-28-22(17-3-7-19(23)8-4-17)18-5-9-20(24)10-6-18/h3-10,21-22,27H,2,11-16H2,1H3/p+2/t21-/m0/s1. The number of nitrogens with one attached hydrogen (secondary N) is 2. The van der Waals surface area contributed by atoms with Gasteiger partial charge in [0, 0.05) is 10.0 Å². The van der Waals surface area contributed by atoms with E-state index in [1.54, 1.807) is 4.90 Å². The van der Waals surface area contributed by atoms with Crippen molar-refractivity contribution in [2.45, 2.75) is 19.1 Å². The first-order valence-corrected chi connectivity index (χ1v) is 10.8. The topological polar surface area (TPSA) is 38.3 Å². The Labute approximate surface area is 177 Å². The molecule has 1 heterocycles. The van der Waals surface area contributed by atoms with Crippen molar-refractivity contribution in [3.63, 3.8) is 0 Å². The predicted molar refractivity (Wildman–Crippen MR) is 114 cm³/mol. The number of likely N-dealkylation sites (N-methyl/N-ethyl adjacent to an activating group) is 1. The Kier molecular flexibility index (Phi) is 8.15. The largest absolute Gasteiger partial charge is 0.385 e. The van der Waals surface area contributed by atoms with Crippen LogP contribution in [-0.4, -0.2) is 57.1 Å². The van der Waals surface area contributed by atoms with Crippen molar-refractivity contribution in [1.82, 2.24) is 0 Å². The fraction of sp³-hybridized carbons (Fsp3) is 0.455. The summed E-state index contributed by atoms with van der Waals surface area (Å²) in [4.78, 5) is 3.11. The van der Waals surface area contributed by atoms with Crippen LogP contribution in [0.4, 0.5) is 0 Å². The van der Waals surface area contributed by atoms with Gasteiger partial charge in [0.25, 0.3) is 0 Å². The fourth-order valence-corrected chi connectivity index (χ4v) is 4.03. The minimum absolute atomic E-state index is 0.263. The number of aliphatic hydroxyl groups excluding tert-OH is 1. The molecule has 0 bridgehead atoms. The van der Waals surface area contributed by atoms with Gasteiger partial charge < -0.3 is 19.6 Å². The van der Waals surface area contributed by atoms with Crippen LogP contribution < -0.4 is 9.80 Å². The lowest BCUT2D eigenvalue weighted by Crippen LogP contribution is -3.28. The fourth-order valence-electron chi connectivity index (χ4n) is 3.77. The molecule has 0 unspecified atom stereocenters. The number of halogens is 2. The zero-order valence-corrected chi connectivity index (χ0v) is 17.8. The van der Waals surface area contributed by atoms with E-state index in [9.17, 15) is 5.11 Å². The summed E-state index contributed by atoms with van der Waals surface area (Å²) in [5, 5.41) is 11.9. The molecule has 28 heavy (non-hydrogen) atoms. The smallest absolute Gasteiger partial charge is 0.127 e. The molecule has 0 aromatic heterocycles. The third-order valence-electron chi connectivity index (χ3n) is 5.49. The first kappa shape index (κ1) is 21.6. The number of aliphatic hydroxyl groups is 1. The van der Waals surface area contributed by atoms with Crippen LogP contribution in [0.2, 0.25) is 10.0 Å². The van der Waals surface area contributed by atoms with Gasteiger partial charge >= 0.3 is 0 Å². The highest BCUT2D eigenvalue weighted by atomic mass is 35.5. The van der Waals surface area contributed by atoms with Crippen molar-refractivity contribution in [2.75, 3.05) is 45.9 Å². The molecule has 3 rings (SSSR count). The summed E-state index contributed by atoms with van der Waals surface area (Å²) in [5.74, 6) is 0. The molecule has 0 aliphatic carbocycles. The van der Waals surface area contributed by atoms with Crippen LogP contribution in [-0.2, 0) is 4.74 Å². The van der Waals surface area contributed by atoms with E-state index in [1.165, 1.54) is 24.5 Å². The zero-order valence-electron chi connectivity index (χ0n) is 16.3. The highest BCUT2D eigenvalue weighted by Crippen LogP contribution is 2.28. The Morgan fingerprint density at radius 3 is 1.79 bits per heavy atom. The molecule has 1 saturated heterocycles. The van der Waals surface area contributed by atoms with E-state index in [-0.39, 0.29) is 6.10 Å². The van der Waals surface area contributed by atoms with Crippen molar-refractivity contribution in [3.8, 4) is 0 Å². The van der Waals surface area contributed by atoms with Crippen LogP contribution in [0.15, 0.2) is 48.5 Å². The molecule has 2 aromatic carbocycles. The maximum absolute atomic E-state index is 10.6. The number of piperazine rings is 1. The summed E-state index contributed by atoms with van der Waals surface area (Å²) < 4.78 is 6.18. The first-order valence-electron chi connectivity index (χ1n) is 10.0. The van der Waals surface area contributed by atoms with Crippen LogP contribution in [0.3, 0.4) is 0 Å². The van der Waals surface area contributed by atoms with Gasteiger partial charge in [-0.2, -0.15) is 0 Å². The first-order chi connectivity index (χ1) is 13.5. The van der Waals surface area contributed by atoms with Crippen molar-refractivity contribution in [1.29, 1.82) is 0 Å². The summed E-state index contributed by atoms with van der Waals surface area (Å²) >= 11 is 12.1. The number of hydrogen-bond acceptors (Lipinski definition) is 2. The molecular weight excluding hydrogens is 395 g/mol. The molecule has 0 amide bonds. The number of ether oxygens (including phenoxy) is 1. The van der Waals surface area contributed by atoms with E-state index >= 15 is 0 Å². The summed E-state index contributed by atoms with van der Waals surface area (Å²) in [5.41, 5.74) is 2.01. The number of benzene rings is 2. The Morgan fingerprint density at radius 2 is 1.32 bits per heavy atom. The van der Waals surface area contributed by atoms with E-state index in [0.717, 1.165) is 30.8 Å². The molecule has 1 fully saturated rings. The van der Waals surface area contributed by atoms with Gasteiger partial charge in [-0.05, 0) is 42.3 Å². The third-order valence-corrected chi connectivity index (χ3v) is 5.99. The highest BCUT2D eigenvalue weighted by Gasteiger charge is 2.25. The average molecular weight is 425 g/mol.